The number of aryl methyl sites for hydroxylation is 1. The topological polar surface area (TPSA) is 72.5 Å². The van der Waals surface area contributed by atoms with Crippen molar-refractivity contribution in [2.24, 2.45) is 0 Å². The number of ether oxygens (including phenoxy) is 2. The first-order valence-corrected chi connectivity index (χ1v) is 9.32. The number of methoxy groups -OCH3 is 2. The van der Waals surface area contributed by atoms with Gasteiger partial charge >= 0.3 is 0 Å². The maximum atomic E-state index is 12.5. The average Bonchev–Trinajstić information content (AvgIpc) is 2.77. The van der Waals surface area contributed by atoms with Crippen LogP contribution in [0.2, 0.25) is 0 Å². The van der Waals surface area contributed by atoms with Gasteiger partial charge in [-0.15, -0.1) is 0 Å². The summed E-state index contributed by atoms with van der Waals surface area (Å²) < 4.78 is 10.6. The monoisotopic (exact) mass is 391 g/mol. The number of carbonyl (C=O) groups is 1. The van der Waals surface area contributed by atoms with Crippen LogP contribution < -0.4 is 20.1 Å². The van der Waals surface area contributed by atoms with Gasteiger partial charge in [0.15, 0.2) is 11.5 Å². The Bertz CT molecular complexity index is 971. The Balaban J connectivity index is 1.60. The first-order chi connectivity index (χ1) is 14.1. The van der Waals surface area contributed by atoms with E-state index >= 15 is 0 Å². The van der Waals surface area contributed by atoms with Gasteiger partial charge in [-0.05, 0) is 36.2 Å². The molecule has 0 saturated heterocycles. The summed E-state index contributed by atoms with van der Waals surface area (Å²) in [5.74, 6) is 1.20. The van der Waals surface area contributed by atoms with Gasteiger partial charge in [-0.3, -0.25) is 9.78 Å². The van der Waals surface area contributed by atoms with E-state index in [0.717, 1.165) is 16.8 Å². The molecule has 3 rings (SSSR count). The molecular formula is C23H25N3O3. The highest BCUT2D eigenvalue weighted by molar-refractivity contribution is 5.94. The molecule has 1 aromatic heterocycles. The lowest BCUT2D eigenvalue weighted by atomic mass is 10.1. The largest absolute Gasteiger partial charge is 0.493 e. The summed E-state index contributed by atoms with van der Waals surface area (Å²) >= 11 is 0. The van der Waals surface area contributed by atoms with Gasteiger partial charge in [0.05, 0.1) is 25.5 Å². The molecule has 3 aromatic rings. The molecule has 0 aliphatic rings. The molecule has 29 heavy (non-hydrogen) atoms. The van der Waals surface area contributed by atoms with Crippen LogP contribution in [0.15, 0.2) is 60.9 Å². The maximum Gasteiger partial charge on any atom is 0.253 e. The molecular weight excluding hydrogens is 366 g/mol. The standard InChI is InChI=1S/C23H25N3O3/c1-16-4-6-17(7-5-16)12-26-23(27)19-11-20(15-24-14-19)25-13-18-8-9-21(28-2)22(10-18)29-3/h4-11,14-15,25H,12-13H2,1-3H3,(H,26,27). The van der Waals surface area contributed by atoms with E-state index in [-0.39, 0.29) is 5.91 Å². The first kappa shape index (κ1) is 20.2. The molecule has 6 heteroatoms. The minimum absolute atomic E-state index is 0.159. The molecule has 0 saturated carbocycles. The van der Waals surface area contributed by atoms with E-state index in [4.69, 9.17) is 9.47 Å². The third-order valence-corrected chi connectivity index (χ3v) is 4.52. The Kier molecular flexibility index (Phi) is 6.68. The number of benzene rings is 2. The van der Waals surface area contributed by atoms with Gasteiger partial charge in [-0.1, -0.05) is 35.9 Å². The van der Waals surface area contributed by atoms with Gasteiger partial charge in [0.1, 0.15) is 0 Å². The summed E-state index contributed by atoms with van der Waals surface area (Å²) in [5.41, 5.74) is 4.55. The van der Waals surface area contributed by atoms with Crippen LogP contribution in [0.1, 0.15) is 27.0 Å². The van der Waals surface area contributed by atoms with Crippen molar-refractivity contribution < 1.29 is 14.3 Å². The third-order valence-electron chi connectivity index (χ3n) is 4.52. The predicted octanol–water partition coefficient (Wildman–Crippen LogP) is 3.95. The van der Waals surface area contributed by atoms with Gasteiger partial charge < -0.3 is 20.1 Å². The van der Waals surface area contributed by atoms with E-state index in [2.05, 4.69) is 15.6 Å². The summed E-state index contributed by atoms with van der Waals surface area (Å²) in [6.45, 7) is 3.08. The number of rotatable bonds is 8. The van der Waals surface area contributed by atoms with Crippen LogP contribution >= 0.6 is 0 Å². The van der Waals surface area contributed by atoms with E-state index in [1.165, 1.54) is 5.56 Å². The number of amides is 1. The predicted molar refractivity (Wildman–Crippen MR) is 113 cm³/mol. The van der Waals surface area contributed by atoms with Crippen LogP contribution in [0.4, 0.5) is 5.69 Å². The molecule has 0 fully saturated rings. The second-order valence-corrected chi connectivity index (χ2v) is 6.67. The number of carbonyl (C=O) groups excluding carboxylic acids is 1. The second-order valence-electron chi connectivity index (χ2n) is 6.67. The Hall–Kier alpha value is -3.54. The highest BCUT2D eigenvalue weighted by atomic mass is 16.5. The van der Waals surface area contributed by atoms with Crippen LogP contribution in [0.3, 0.4) is 0 Å². The molecule has 0 aliphatic carbocycles. The average molecular weight is 391 g/mol. The van der Waals surface area contributed by atoms with Crippen molar-refractivity contribution in [3.8, 4) is 11.5 Å². The van der Waals surface area contributed by atoms with E-state index in [1.807, 2.05) is 49.4 Å². The van der Waals surface area contributed by atoms with Gasteiger partial charge in [0, 0.05) is 25.5 Å². The molecule has 2 aromatic carbocycles. The number of pyridine rings is 1. The van der Waals surface area contributed by atoms with Gasteiger partial charge in [0.25, 0.3) is 5.91 Å². The normalized spacial score (nSPS) is 10.3. The molecule has 150 valence electrons. The smallest absolute Gasteiger partial charge is 0.253 e. The van der Waals surface area contributed by atoms with Crippen LogP contribution in [-0.4, -0.2) is 25.1 Å². The molecule has 2 N–H and O–H groups in total. The van der Waals surface area contributed by atoms with Gasteiger partial charge in [0.2, 0.25) is 0 Å². The Morgan fingerprint density at radius 2 is 1.62 bits per heavy atom. The molecule has 6 nitrogen and oxygen atoms in total. The maximum absolute atomic E-state index is 12.5. The number of aromatic nitrogens is 1. The molecule has 1 amide bonds. The minimum atomic E-state index is -0.159. The van der Waals surface area contributed by atoms with Crippen molar-refractivity contribution in [2.45, 2.75) is 20.0 Å². The fourth-order valence-electron chi connectivity index (χ4n) is 2.85. The molecule has 0 bridgehead atoms. The number of anilines is 1. The van der Waals surface area contributed by atoms with Crippen molar-refractivity contribution in [2.75, 3.05) is 19.5 Å². The highest BCUT2D eigenvalue weighted by Gasteiger charge is 2.08. The van der Waals surface area contributed by atoms with Crippen LogP contribution in [-0.2, 0) is 13.1 Å². The molecule has 0 radical (unpaired) electrons. The SMILES string of the molecule is COc1ccc(CNc2cncc(C(=O)NCc3ccc(C)cc3)c2)cc1OC. The lowest BCUT2D eigenvalue weighted by Gasteiger charge is -2.11. The van der Waals surface area contributed by atoms with Crippen LogP contribution in [0.5, 0.6) is 11.5 Å². The summed E-state index contributed by atoms with van der Waals surface area (Å²) in [5, 5.41) is 6.21. The van der Waals surface area contributed by atoms with Crippen molar-refractivity contribution in [3.63, 3.8) is 0 Å². The summed E-state index contributed by atoms with van der Waals surface area (Å²) in [7, 11) is 3.22. The molecule has 0 aliphatic heterocycles. The molecule has 1 heterocycles. The molecule has 0 atom stereocenters. The summed E-state index contributed by atoms with van der Waals surface area (Å²) in [6.07, 6.45) is 3.25. The summed E-state index contributed by atoms with van der Waals surface area (Å²) in [6, 6.07) is 15.6. The number of hydrogen-bond donors (Lipinski definition) is 2. The number of nitrogens with one attached hydrogen (secondary N) is 2. The van der Waals surface area contributed by atoms with Gasteiger partial charge in [-0.2, -0.15) is 0 Å². The zero-order chi connectivity index (χ0) is 20.6. The Labute approximate surface area is 170 Å². The van der Waals surface area contributed by atoms with Crippen molar-refractivity contribution in [1.82, 2.24) is 10.3 Å². The van der Waals surface area contributed by atoms with Crippen LogP contribution in [0.25, 0.3) is 0 Å². The molecule has 0 unspecified atom stereocenters. The lowest BCUT2D eigenvalue weighted by molar-refractivity contribution is 0.0950. The first-order valence-electron chi connectivity index (χ1n) is 9.32. The van der Waals surface area contributed by atoms with E-state index in [1.54, 1.807) is 32.7 Å². The highest BCUT2D eigenvalue weighted by Crippen LogP contribution is 2.27. The minimum Gasteiger partial charge on any atom is -0.493 e. The zero-order valence-corrected chi connectivity index (χ0v) is 16.9. The van der Waals surface area contributed by atoms with Crippen LogP contribution in [0, 0.1) is 6.92 Å². The third kappa shape index (κ3) is 5.48. The van der Waals surface area contributed by atoms with E-state index < -0.39 is 0 Å². The summed E-state index contributed by atoms with van der Waals surface area (Å²) in [4.78, 5) is 16.6. The fourth-order valence-corrected chi connectivity index (χ4v) is 2.85. The van der Waals surface area contributed by atoms with Crippen molar-refractivity contribution in [1.29, 1.82) is 0 Å². The molecule has 0 spiro atoms. The Morgan fingerprint density at radius 3 is 2.34 bits per heavy atom. The van der Waals surface area contributed by atoms with Crippen molar-refractivity contribution >= 4 is 11.6 Å². The Morgan fingerprint density at radius 1 is 0.897 bits per heavy atom. The lowest BCUT2D eigenvalue weighted by Crippen LogP contribution is -2.23. The van der Waals surface area contributed by atoms with E-state index in [0.29, 0.717) is 30.2 Å². The number of hydrogen-bond acceptors (Lipinski definition) is 5. The van der Waals surface area contributed by atoms with E-state index in [9.17, 15) is 4.79 Å². The number of nitrogens with zero attached hydrogens (tertiary/aromatic N) is 1. The van der Waals surface area contributed by atoms with Gasteiger partial charge in [-0.25, -0.2) is 0 Å². The zero-order valence-electron chi connectivity index (χ0n) is 16.9. The quantitative estimate of drug-likeness (QED) is 0.608. The fraction of sp³-hybridized carbons (Fsp3) is 0.217. The van der Waals surface area contributed by atoms with Crippen molar-refractivity contribution in [3.05, 3.63) is 83.2 Å². The second kappa shape index (κ2) is 9.59.